The molecule has 4 nitrogen and oxygen atoms in total. The van der Waals surface area contributed by atoms with Crippen LogP contribution in [0.2, 0.25) is 0 Å². The third-order valence-electron chi connectivity index (χ3n) is 2.65. The summed E-state index contributed by atoms with van der Waals surface area (Å²) in [5, 5.41) is 0. The highest BCUT2D eigenvalue weighted by Crippen LogP contribution is 2.29. The molecule has 2 aromatic carbocycles. The zero-order valence-electron chi connectivity index (χ0n) is 11.5. The van der Waals surface area contributed by atoms with Crippen molar-refractivity contribution >= 4 is 5.97 Å². The SMILES string of the molecule is CCOC(=O)c1cc(OC)ccc1Oc1ccccc1. The summed E-state index contributed by atoms with van der Waals surface area (Å²) in [6.45, 7) is 2.07. The summed E-state index contributed by atoms with van der Waals surface area (Å²) < 4.78 is 15.9. The maximum atomic E-state index is 12.0. The smallest absolute Gasteiger partial charge is 0.342 e. The molecular formula is C16H16O4. The number of hydrogen-bond acceptors (Lipinski definition) is 4. The predicted octanol–water partition coefficient (Wildman–Crippen LogP) is 3.66. The van der Waals surface area contributed by atoms with Crippen molar-refractivity contribution in [3.63, 3.8) is 0 Å². The van der Waals surface area contributed by atoms with Gasteiger partial charge in [0.2, 0.25) is 0 Å². The zero-order valence-corrected chi connectivity index (χ0v) is 11.5. The van der Waals surface area contributed by atoms with Crippen molar-refractivity contribution in [1.82, 2.24) is 0 Å². The van der Waals surface area contributed by atoms with Gasteiger partial charge in [0, 0.05) is 0 Å². The Bertz CT molecular complexity index is 578. The highest BCUT2D eigenvalue weighted by Gasteiger charge is 2.15. The van der Waals surface area contributed by atoms with Crippen LogP contribution in [0.1, 0.15) is 17.3 Å². The molecule has 0 spiro atoms. The Kier molecular flexibility index (Phi) is 4.60. The number of carbonyl (C=O) groups excluding carboxylic acids is 1. The Morgan fingerprint density at radius 1 is 1.05 bits per heavy atom. The molecule has 2 aromatic rings. The molecule has 2 rings (SSSR count). The van der Waals surface area contributed by atoms with E-state index in [4.69, 9.17) is 14.2 Å². The number of methoxy groups -OCH3 is 1. The minimum atomic E-state index is -0.433. The van der Waals surface area contributed by atoms with Gasteiger partial charge in [-0.15, -0.1) is 0 Å². The van der Waals surface area contributed by atoms with Gasteiger partial charge in [0.25, 0.3) is 0 Å². The van der Waals surface area contributed by atoms with Gasteiger partial charge in [-0.3, -0.25) is 0 Å². The van der Waals surface area contributed by atoms with Crippen LogP contribution in [0.4, 0.5) is 0 Å². The molecule has 104 valence electrons. The molecule has 0 N–H and O–H groups in total. The Labute approximate surface area is 117 Å². The first kappa shape index (κ1) is 13.9. The van der Waals surface area contributed by atoms with Crippen molar-refractivity contribution in [3.05, 3.63) is 54.1 Å². The molecule has 0 atom stereocenters. The largest absolute Gasteiger partial charge is 0.497 e. The monoisotopic (exact) mass is 272 g/mol. The topological polar surface area (TPSA) is 44.8 Å². The number of benzene rings is 2. The molecule has 0 fully saturated rings. The molecule has 0 saturated carbocycles. The summed E-state index contributed by atoms with van der Waals surface area (Å²) in [5.74, 6) is 1.24. The number of carbonyl (C=O) groups is 1. The fourth-order valence-electron chi connectivity index (χ4n) is 1.71. The lowest BCUT2D eigenvalue weighted by Crippen LogP contribution is -2.06. The Morgan fingerprint density at radius 2 is 1.80 bits per heavy atom. The van der Waals surface area contributed by atoms with E-state index in [1.807, 2.05) is 30.3 Å². The van der Waals surface area contributed by atoms with Crippen LogP contribution >= 0.6 is 0 Å². The summed E-state index contributed by atoms with van der Waals surface area (Å²) in [5.41, 5.74) is 0.343. The number of para-hydroxylation sites is 1. The average Bonchev–Trinajstić information content (AvgIpc) is 2.49. The van der Waals surface area contributed by atoms with Crippen molar-refractivity contribution in [2.24, 2.45) is 0 Å². The van der Waals surface area contributed by atoms with Gasteiger partial charge in [0.05, 0.1) is 13.7 Å². The van der Waals surface area contributed by atoms with Gasteiger partial charge in [-0.1, -0.05) is 18.2 Å². The first-order valence-corrected chi connectivity index (χ1v) is 6.32. The summed E-state index contributed by atoms with van der Waals surface area (Å²) in [4.78, 5) is 12.0. The van der Waals surface area contributed by atoms with E-state index in [0.717, 1.165) is 0 Å². The van der Waals surface area contributed by atoms with Crippen molar-refractivity contribution in [3.8, 4) is 17.2 Å². The molecule has 0 amide bonds. The van der Waals surface area contributed by atoms with E-state index in [-0.39, 0.29) is 0 Å². The summed E-state index contributed by atoms with van der Waals surface area (Å²) in [6.07, 6.45) is 0. The number of hydrogen-bond donors (Lipinski definition) is 0. The second-order valence-electron chi connectivity index (χ2n) is 4.00. The first-order valence-electron chi connectivity index (χ1n) is 6.32. The molecule has 0 aliphatic heterocycles. The fraction of sp³-hybridized carbons (Fsp3) is 0.188. The van der Waals surface area contributed by atoms with Crippen LogP contribution in [-0.2, 0) is 4.74 Å². The van der Waals surface area contributed by atoms with Crippen LogP contribution in [0.3, 0.4) is 0 Å². The maximum absolute atomic E-state index is 12.0. The van der Waals surface area contributed by atoms with Crippen molar-refractivity contribution in [1.29, 1.82) is 0 Å². The minimum Gasteiger partial charge on any atom is -0.497 e. The van der Waals surface area contributed by atoms with Gasteiger partial charge in [-0.05, 0) is 37.3 Å². The van der Waals surface area contributed by atoms with Gasteiger partial charge < -0.3 is 14.2 Å². The third kappa shape index (κ3) is 3.29. The lowest BCUT2D eigenvalue weighted by atomic mass is 10.2. The van der Waals surface area contributed by atoms with Crippen LogP contribution in [0, 0.1) is 0 Å². The van der Waals surface area contributed by atoms with Crippen LogP contribution in [-0.4, -0.2) is 19.7 Å². The van der Waals surface area contributed by atoms with Crippen molar-refractivity contribution in [2.75, 3.05) is 13.7 Å². The normalized spacial score (nSPS) is 9.90. The van der Waals surface area contributed by atoms with Gasteiger partial charge in [0.1, 0.15) is 22.8 Å². The number of ether oxygens (including phenoxy) is 3. The number of rotatable bonds is 5. The first-order chi connectivity index (χ1) is 9.74. The highest BCUT2D eigenvalue weighted by atomic mass is 16.5. The average molecular weight is 272 g/mol. The molecule has 0 aliphatic carbocycles. The Hall–Kier alpha value is -2.49. The van der Waals surface area contributed by atoms with Gasteiger partial charge in [0.15, 0.2) is 0 Å². The molecule has 0 unspecified atom stereocenters. The number of esters is 1. The van der Waals surface area contributed by atoms with Gasteiger partial charge >= 0.3 is 5.97 Å². The molecule has 20 heavy (non-hydrogen) atoms. The quantitative estimate of drug-likeness (QED) is 0.779. The summed E-state index contributed by atoms with van der Waals surface area (Å²) in [6, 6.07) is 14.3. The van der Waals surface area contributed by atoms with Crippen LogP contribution in [0.25, 0.3) is 0 Å². The minimum absolute atomic E-state index is 0.306. The fourth-order valence-corrected chi connectivity index (χ4v) is 1.71. The highest BCUT2D eigenvalue weighted by molar-refractivity contribution is 5.93. The van der Waals surface area contributed by atoms with Gasteiger partial charge in [-0.25, -0.2) is 4.79 Å². The molecule has 0 aliphatic rings. The Morgan fingerprint density at radius 3 is 2.45 bits per heavy atom. The van der Waals surface area contributed by atoms with Crippen molar-refractivity contribution < 1.29 is 19.0 Å². The molecular weight excluding hydrogens is 256 g/mol. The molecule has 0 aromatic heterocycles. The van der Waals surface area contributed by atoms with E-state index in [1.165, 1.54) is 0 Å². The van der Waals surface area contributed by atoms with E-state index in [9.17, 15) is 4.79 Å². The maximum Gasteiger partial charge on any atom is 0.342 e. The van der Waals surface area contributed by atoms with Crippen LogP contribution in [0.15, 0.2) is 48.5 Å². The van der Waals surface area contributed by atoms with Crippen molar-refractivity contribution in [2.45, 2.75) is 6.92 Å². The molecule has 0 bridgehead atoms. The third-order valence-corrected chi connectivity index (χ3v) is 2.65. The predicted molar refractivity (Wildman–Crippen MR) is 75.5 cm³/mol. The van der Waals surface area contributed by atoms with E-state index in [1.54, 1.807) is 32.2 Å². The second-order valence-corrected chi connectivity index (χ2v) is 4.00. The van der Waals surface area contributed by atoms with Gasteiger partial charge in [-0.2, -0.15) is 0 Å². The van der Waals surface area contributed by atoms with E-state index in [2.05, 4.69) is 0 Å². The zero-order chi connectivity index (χ0) is 14.4. The van der Waals surface area contributed by atoms with Crippen LogP contribution in [0.5, 0.6) is 17.2 Å². The molecule has 0 saturated heterocycles. The Balaban J connectivity index is 2.33. The lowest BCUT2D eigenvalue weighted by Gasteiger charge is -2.11. The summed E-state index contributed by atoms with van der Waals surface area (Å²) >= 11 is 0. The second kappa shape index (κ2) is 6.61. The summed E-state index contributed by atoms with van der Waals surface area (Å²) in [7, 11) is 1.54. The molecule has 0 radical (unpaired) electrons. The molecule has 0 heterocycles. The van der Waals surface area contributed by atoms with Crippen LogP contribution < -0.4 is 9.47 Å². The van der Waals surface area contributed by atoms with E-state index in [0.29, 0.717) is 29.4 Å². The molecule has 4 heteroatoms. The lowest BCUT2D eigenvalue weighted by molar-refractivity contribution is 0.0523. The standard InChI is InChI=1S/C16H16O4/c1-3-19-16(17)14-11-13(18-2)9-10-15(14)20-12-7-5-4-6-8-12/h4-11H,3H2,1-2H3. The van der Waals surface area contributed by atoms with E-state index < -0.39 is 5.97 Å². The van der Waals surface area contributed by atoms with E-state index >= 15 is 0 Å².